The van der Waals surface area contributed by atoms with Crippen molar-refractivity contribution < 1.29 is 14.6 Å². The number of alkyl carbamates (subject to hydrolysis) is 1. The molecule has 5 heteroatoms. The fraction of sp³-hybridized carbons (Fsp3) is 0.316. The van der Waals surface area contributed by atoms with Gasteiger partial charge in [-0.25, -0.2) is 4.79 Å². The van der Waals surface area contributed by atoms with Gasteiger partial charge >= 0.3 is 6.09 Å². The monoisotopic (exact) mass is 391 g/mol. The molecule has 0 spiro atoms. The Hall–Kier alpha value is -1.85. The molecule has 0 heterocycles. The largest absolute Gasteiger partial charge is 0.445 e. The first-order valence-corrected chi connectivity index (χ1v) is 8.60. The second kappa shape index (κ2) is 8.31. The van der Waals surface area contributed by atoms with Crippen LogP contribution in [0.5, 0.6) is 0 Å². The molecule has 0 aliphatic heterocycles. The number of carbonyl (C=O) groups excluding carboxylic acids is 1. The molecule has 1 amide bonds. The van der Waals surface area contributed by atoms with Crippen LogP contribution in [0.3, 0.4) is 0 Å². The van der Waals surface area contributed by atoms with E-state index in [4.69, 9.17) is 4.74 Å². The third kappa shape index (κ3) is 5.65. The van der Waals surface area contributed by atoms with Crippen molar-refractivity contribution in [1.82, 2.24) is 5.32 Å². The molecule has 2 aromatic carbocycles. The Balaban J connectivity index is 1.87. The van der Waals surface area contributed by atoms with Crippen LogP contribution < -0.4 is 5.32 Å². The molecular formula is C19H22BrNO3. The maximum Gasteiger partial charge on any atom is 0.407 e. The minimum absolute atomic E-state index is 0.202. The first kappa shape index (κ1) is 18.5. The van der Waals surface area contributed by atoms with E-state index in [-0.39, 0.29) is 6.61 Å². The van der Waals surface area contributed by atoms with Gasteiger partial charge in [0.05, 0.1) is 11.6 Å². The molecule has 2 aromatic rings. The van der Waals surface area contributed by atoms with E-state index in [0.29, 0.717) is 6.42 Å². The van der Waals surface area contributed by atoms with E-state index in [0.717, 1.165) is 15.6 Å². The van der Waals surface area contributed by atoms with Crippen molar-refractivity contribution >= 4 is 22.0 Å². The van der Waals surface area contributed by atoms with Gasteiger partial charge in [-0.3, -0.25) is 0 Å². The number of hydrogen-bond donors (Lipinski definition) is 2. The van der Waals surface area contributed by atoms with Crippen LogP contribution in [-0.2, 0) is 17.8 Å². The molecular weight excluding hydrogens is 370 g/mol. The SMILES string of the molecule is CC(NC(=O)OCc1ccccc1)C(C)(O)Cc1cccc(Br)c1. The van der Waals surface area contributed by atoms with Crippen LogP contribution in [-0.4, -0.2) is 22.8 Å². The second-order valence-electron chi connectivity index (χ2n) is 6.09. The van der Waals surface area contributed by atoms with Crippen molar-refractivity contribution in [1.29, 1.82) is 0 Å². The quantitative estimate of drug-likeness (QED) is 0.780. The number of hydrogen-bond acceptors (Lipinski definition) is 3. The van der Waals surface area contributed by atoms with E-state index < -0.39 is 17.7 Å². The number of carbonyl (C=O) groups is 1. The Morgan fingerprint density at radius 1 is 1.21 bits per heavy atom. The van der Waals surface area contributed by atoms with E-state index >= 15 is 0 Å². The molecule has 0 aliphatic carbocycles. The lowest BCUT2D eigenvalue weighted by Gasteiger charge is -2.31. The summed E-state index contributed by atoms with van der Waals surface area (Å²) in [7, 11) is 0. The summed E-state index contributed by atoms with van der Waals surface area (Å²) in [4.78, 5) is 11.9. The molecule has 2 rings (SSSR count). The van der Waals surface area contributed by atoms with Crippen molar-refractivity contribution in [2.75, 3.05) is 0 Å². The molecule has 0 saturated carbocycles. The standard InChI is InChI=1S/C19H22BrNO3/c1-14(19(2,23)12-16-9-6-10-17(20)11-16)21-18(22)24-13-15-7-4-3-5-8-15/h3-11,14,23H,12-13H2,1-2H3,(H,21,22). The fourth-order valence-electron chi connectivity index (χ4n) is 2.31. The van der Waals surface area contributed by atoms with Gasteiger partial charge in [-0.05, 0) is 37.1 Å². The average molecular weight is 392 g/mol. The van der Waals surface area contributed by atoms with Gasteiger partial charge in [-0.2, -0.15) is 0 Å². The molecule has 0 bridgehead atoms. The predicted octanol–water partition coefficient (Wildman–Crippen LogP) is 4.06. The summed E-state index contributed by atoms with van der Waals surface area (Å²) in [6, 6.07) is 16.8. The zero-order chi connectivity index (χ0) is 17.6. The molecule has 0 fully saturated rings. The molecule has 2 atom stereocenters. The van der Waals surface area contributed by atoms with Crippen LogP contribution in [0.2, 0.25) is 0 Å². The van der Waals surface area contributed by atoms with E-state index in [1.54, 1.807) is 13.8 Å². The van der Waals surface area contributed by atoms with Crippen molar-refractivity contribution in [3.63, 3.8) is 0 Å². The summed E-state index contributed by atoms with van der Waals surface area (Å²) in [5.41, 5.74) is 0.814. The smallest absolute Gasteiger partial charge is 0.407 e. The van der Waals surface area contributed by atoms with Crippen LogP contribution in [0.15, 0.2) is 59.1 Å². The highest BCUT2D eigenvalue weighted by molar-refractivity contribution is 9.10. The Morgan fingerprint density at radius 2 is 1.88 bits per heavy atom. The van der Waals surface area contributed by atoms with Crippen LogP contribution in [0.4, 0.5) is 4.79 Å². The third-order valence-corrected chi connectivity index (χ3v) is 4.42. The summed E-state index contributed by atoms with van der Waals surface area (Å²) in [5.74, 6) is 0. The number of benzene rings is 2. The van der Waals surface area contributed by atoms with E-state index in [9.17, 15) is 9.90 Å². The van der Waals surface area contributed by atoms with Gasteiger partial charge < -0.3 is 15.2 Å². The number of aliphatic hydroxyl groups is 1. The van der Waals surface area contributed by atoms with Gasteiger partial charge in [0.2, 0.25) is 0 Å². The first-order valence-electron chi connectivity index (χ1n) is 7.81. The van der Waals surface area contributed by atoms with Crippen LogP contribution >= 0.6 is 15.9 Å². The molecule has 24 heavy (non-hydrogen) atoms. The van der Waals surface area contributed by atoms with Gasteiger partial charge in [0, 0.05) is 10.9 Å². The van der Waals surface area contributed by atoms with E-state index in [1.807, 2.05) is 54.6 Å². The summed E-state index contributed by atoms with van der Waals surface area (Å²) in [6.07, 6.45) is -0.118. The highest BCUT2D eigenvalue weighted by Gasteiger charge is 2.30. The van der Waals surface area contributed by atoms with Gasteiger partial charge in [0.1, 0.15) is 6.61 Å². The Morgan fingerprint density at radius 3 is 2.54 bits per heavy atom. The normalized spacial score (nSPS) is 14.5. The maximum atomic E-state index is 11.9. The Labute approximate surface area is 151 Å². The van der Waals surface area contributed by atoms with Gasteiger partial charge in [0.25, 0.3) is 0 Å². The lowest BCUT2D eigenvalue weighted by atomic mass is 9.90. The van der Waals surface area contributed by atoms with Crippen molar-refractivity contribution in [2.24, 2.45) is 0 Å². The highest BCUT2D eigenvalue weighted by atomic mass is 79.9. The summed E-state index contributed by atoms with van der Waals surface area (Å²) in [6.45, 7) is 3.67. The minimum atomic E-state index is -1.09. The number of nitrogens with one attached hydrogen (secondary N) is 1. The van der Waals surface area contributed by atoms with Gasteiger partial charge in [0.15, 0.2) is 0 Å². The van der Waals surface area contributed by atoms with Crippen molar-refractivity contribution in [3.05, 3.63) is 70.2 Å². The lowest BCUT2D eigenvalue weighted by molar-refractivity contribution is 0.0232. The van der Waals surface area contributed by atoms with Crippen LogP contribution in [0, 0.1) is 0 Å². The molecule has 128 valence electrons. The van der Waals surface area contributed by atoms with Gasteiger partial charge in [-0.15, -0.1) is 0 Å². The summed E-state index contributed by atoms with van der Waals surface area (Å²) < 4.78 is 6.15. The van der Waals surface area contributed by atoms with Gasteiger partial charge in [-0.1, -0.05) is 58.4 Å². The average Bonchev–Trinajstić information content (AvgIpc) is 2.53. The maximum absolute atomic E-state index is 11.9. The zero-order valence-corrected chi connectivity index (χ0v) is 15.4. The van der Waals surface area contributed by atoms with Crippen LogP contribution in [0.25, 0.3) is 0 Å². The molecule has 2 unspecified atom stereocenters. The molecule has 0 radical (unpaired) electrons. The van der Waals surface area contributed by atoms with Crippen molar-refractivity contribution in [3.8, 4) is 0 Å². The highest BCUT2D eigenvalue weighted by Crippen LogP contribution is 2.20. The molecule has 0 aliphatic rings. The number of rotatable bonds is 6. The van der Waals surface area contributed by atoms with Crippen LogP contribution in [0.1, 0.15) is 25.0 Å². The van der Waals surface area contributed by atoms with E-state index in [1.165, 1.54) is 0 Å². The predicted molar refractivity (Wildman–Crippen MR) is 97.7 cm³/mol. The lowest BCUT2D eigenvalue weighted by Crippen LogP contribution is -2.50. The Kier molecular flexibility index (Phi) is 6.40. The number of ether oxygens (including phenoxy) is 1. The summed E-state index contributed by atoms with van der Waals surface area (Å²) in [5, 5.41) is 13.4. The molecule has 4 nitrogen and oxygen atoms in total. The number of amides is 1. The molecule has 0 aromatic heterocycles. The van der Waals surface area contributed by atoms with E-state index in [2.05, 4.69) is 21.2 Å². The zero-order valence-electron chi connectivity index (χ0n) is 13.8. The summed E-state index contributed by atoms with van der Waals surface area (Å²) >= 11 is 3.42. The molecule has 0 saturated heterocycles. The minimum Gasteiger partial charge on any atom is -0.445 e. The molecule has 2 N–H and O–H groups in total. The Bertz CT molecular complexity index is 673. The third-order valence-electron chi connectivity index (χ3n) is 3.93. The van der Waals surface area contributed by atoms with Crippen molar-refractivity contribution in [2.45, 2.75) is 38.5 Å². The number of halogens is 1. The fourth-order valence-corrected chi connectivity index (χ4v) is 2.76. The first-order chi connectivity index (χ1) is 11.4. The topological polar surface area (TPSA) is 58.6 Å². The second-order valence-corrected chi connectivity index (χ2v) is 7.01.